The van der Waals surface area contributed by atoms with Crippen molar-refractivity contribution in [3.05, 3.63) is 51.8 Å². The Hall–Kier alpha value is -2.14. The summed E-state index contributed by atoms with van der Waals surface area (Å²) < 4.78 is 1.95. The molecule has 0 atom stereocenters. The first kappa shape index (κ1) is 12.9. The number of carbonyl (C=O) groups is 1. The molecule has 0 aliphatic heterocycles. The van der Waals surface area contributed by atoms with Crippen molar-refractivity contribution in [1.29, 1.82) is 0 Å². The number of ketones is 1. The summed E-state index contributed by atoms with van der Waals surface area (Å²) in [4.78, 5) is 19.3. The van der Waals surface area contributed by atoms with Crippen LogP contribution in [-0.4, -0.2) is 15.2 Å². The Balaban J connectivity index is 2.20. The molecule has 0 aliphatic carbocycles. The molecule has 3 rings (SSSR count). The predicted octanol–water partition coefficient (Wildman–Crippen LogP) is 3.13. The number of rotatable bonds is 2. The number of fused-ring (bicyclic) bond motifs is 1. The van der Waals surface area contributed by atoms with Crippen molar-refractivity contribution in [1.82, 2.24) is 9.38 Å². The lowest BCUT2D eigenvalue weighted by Crippen LogP contribution is -2.08. The number of hydrogen-bond donors (Lipinski definition) is 1. The van der Waals surface area contributed by atoms with Crippen LogP contribution in [0.15, 0.2) is 24.3 Å². The fourth-order valence-electron chi connectivity index (χ4n) is 2.29. The molecule has 5 heteroatoms. The van der Waals surface area contributed by atoms with E-state index in [4.69, 9.17) is 5.73 Å². The number of thiazole rings is 1. The lowest BCUT2D eigenvalue weighted by molar-refractivity contribution is 0.103. The number of nitrogen functional groups attached to an aromatic ring is 1. The second-order valence-corrected chi connectivity index (χ2v) is 6.04. The Kier molecular flexibility index (Phi) is 2.87. The van der Waals surface area contributed by atoms with E-state index in [1.165, 1.54) is 4.88 Å². The Morgan fingerprint density at radius 3 is 2.50 bits per heavy atom. The van der Waals surface area contributed by atoms with Crippen LogP contribution in [0, 0.1) is 20.8 Å². The van der Waals surface area contributed by atoms with Gasteiger partial charge in [0.05, 0.1) is 5.69 Å². The Bertz CT molecular complexity index is 812. The molecule has 0 radical (unpaired) electrons. The number of nitrogens with two attached hydrogens (primary N) is 1. The van der Waals surface area contributed by atoms with Crippen molar-refractivity contribution in [2.24, 2.45) is 0 Å². The summed E-state index contributed by atoms with van der Waals surface area (Å²) in [6.07, 6.45) is 0. The van der Waals surface area contributed by atoms with Crippen LogP contribution in [0.5, 0.6) is 0 Å². The van der Waals surface area contributed by atoms with Gasteiger partial charge in [0.1, 0.15) is 5.69 Å². The highest BCUT2D eigenvalue weighted by Gasteiger charge is 2.21. The van der Waals surface area contributed by atoms with E-state index in [0.29, 0.717) is 16.9 Å². The van der Waals surface area contributed by atoms with Crippen LogP contribution >= 0.6 is 11.3 Å². The molecule has 2 aromatic heterocycles. The zero-order valence-corrected chi connectivity index (χ0v) is 12.4. The molecule has 0 fully saturated rings. The summed E-state index contributed by atoms with van der Waals surface area (Å²) in [5.74, 6) is -0.0177. The van der Waals surface area contributed by atoms with Crippen LogP contribution in [0.25, 0.3) is 4.96 Å². The standard InChI is InChI=1S/C15H15N3OS/c1-8-13(14(19)11-4-6-12(16)7-5-11)18-9(2)10(3)20-15(18)17-8/h4-7H,16H2,1-3H3. The lowest BCUT2D eigenvalue weighted by atomic mass is 10.1. The average molecular weight is 285 g/mol. The van der Waals surface area contributed by atoms with Gasteiger partial charge in [0.2, 0.25) is 5.78 Å². The summed E-state index contributed by atoms with van der Waals surface area (Å²) in [5.41, 5.74) is 9.43. The second-order valence-electron chi connectivity index (χ2n) is 4.86. The maximum absolute atomic E-state index is 12.7. The van der Waals surface area contributed by atoms with Crippen molar-refractivity contribution in [2.75, 3.05) is 5.73 Å². The van der Waals surface area contributed by atoms with Crippen LogP contribution in [0.2, 0.25) is 0 Å². The van der Waals surface area contributed by atoms with E-state index in [1.54, 1.807) is 35.6 Å². The number of aromatic nitrogens is 2. The maximum atomic E-state index is 12.7. The van der Waals surface area contributed by atoms with Gasteiger partial charge in [-0.3, -0.25) is 9.20 Å². The first-order valence-corrected chi connectivity index (χ1v) is 7.16. The van der Waals surface area contributed by atoms with Crippen LogP contribution in [0.1, 0.15) is 32.3 Å². The minimum atomic E-state index is -0.0177. The van der Waals surface area contributed by atoms with Crippen molar-refractivity contribution in [3.8, 4) is 0 Å². The van der Waals surface area contributed by atoms with Gasteiger partial charge in [0, 0.05) is 21.8 Å². The summed E-state index contributed by atoms with van der Waals surface area (Å²) in [5, 5.41) is 0. The topological polar surface area (TPSA) is 60.4 Å². The molecule has 1 aromatic carbocycles. The van der Waals surface area contributed by atoms with Crippen LogP contribution < -0.4 is 5.73 Å². The number of hydrogen-bond acceptors (Lipinski definition) is 4. The molecule has 0 bridgehead atoms. The molecule has 4 nitrogen and oxygen atoms in total. The number of benzene rings is 1. The van der Waals surface area contributed by atoms with Gasteiger partial charge in [0.25, 0.3) is 0 Å². The minimum absolute atomic E-state index is 0.0177. The first-order valence-electron chi connectivity index (χ1n) is 6.34. The lowest BCUT2D eigenvalue weighted by Gasteiger charge is -2.04. The van der Waals surface area contributed by atoms with Gasteiger partial charge in [-0.25, -0.2) is 4.98 Å². The summed E-state index contributed by atoms with van der Waals surface area (Å²) >= 11 is 1.61. The second kappa shape index (κ2) is 4.45. The van der Waals surface area contributed by atoms with Gasteiger partial charge in [-0.1, -0.05) is 0 Å². The van der Waals surface area contributed by atoms with E-state index < -0.39 is 0 Å². The van der Waals surface area contributed by atoms with Gasteiger partial charge < -0.3 is 5.73 Å². The monoisotopic (exact) mass is 285 g/mol. The van der Waals surface area contributed by atoms with Gasteiger partial charge in [-0.05, 0) is 45.0 Å². The van der Waals surface area contributed by atoms with Gasteiger partial charge in [-0.15, -0.1) is 11.3 Å². The molecule has 3 aromatic rings. The molecular weight excluding hydrogens is 270 g/mol. The summed E-state index contributed by atoms with van der Waals surface area (Å²) in [7, 11) is 0. The first-order chi connectivity index (χ1) is 9.49. The Morgan fingerprint density at radius 1 is 1.20 bits per heavy atom. The quantitative estimate of drug-likeness (QED) is 0.581. The highest BCUT2D eigenvalue weighted by atomic mass is 32.1. The molecule has 2 heterocycles. The minimum Gasteiger partial charge on any atom is -0.399 e. The van der Waals surface area contributed by atoms with E-state index in [0.717, 1.165) is 16.3 Å². The smallest absolute Gasteiger partial charge is 0.211 e. The van der Waals surface area contributed by atoms with Crippen LogP contribution in [0.3, 0.4) is 0 Å². The third-order valence-electron chi connectivity index (χ3n) is 3.50. The van der Waals surface area contributed by atoms with Gasteiger partial charge in [0.15, 0.2) is 4.96 Å². The number of carbonyl (C=O) groups excluding carboxylic acids is 1. The zero-order chi connectivity index (χ0) is 14.4. The van der Waals surface area contributed by atoms with E-state index in [1.807, 2.05) is 25.2 Å². The summed E-state index contributed by atoms with van der Waals surface area (Å²) in [6, 6.07) is 7.00. The molecule has 2 N–H and O–H groups in total. The van der Waals surface area contributed by atoms with Crippen molar-refractivity contribution >= 4 is 27.8 Å². The third kappa shape index (κ3) is 1.82. The number of imidazole rings is 1. The number of nitrogens with zero attached hydrogens (tertiary/aromatic N) is 2. The molecule has 0 amide bonds. The SMILES string of the molecule is Cc1nc2sc(C)c(C)n2c1C(=O)c1ccc(N)cc1. The Morgan fingerprint density at radius 2 is 1.85 bits per heavy atom. The largest absolute Gasteiger partial charge is 0.399 e. The van der Waals surface area contributed by atoms with Crippen molar-refractivity contribution in [3.63, 3.8) is 0 Å². The third-order valence-corrected chi connectivity index (χ3v) is 4.56. The van der Waals surface area contributed by atoms with Crippen molar-refractivity contribution < 1.29 is 4.79 Å². The van der Waals surface area contributed by atoms with E-state index in [-0.39, 0.29) is 5.78 Å². The predicted molar refractivity (Wildman–Crippen MR) is 81.6 cm³/mol. The van der Waals surface area contributed by atoms with Crippen LogP contribution in [-0.2, 0) is 0 Å². The number of anilines is 1. The Labute approximate surface area is 120 Å². The maximum Gasteiger partial charge on any atom is 0.211 e. The summed E-state index contributed by atoms with van der Waals surface area (Å²) in [6.45, 7) is 5.93. The number of aryl methyl sites for hydroxylation is 3. The van der Waals surface area contributed by atoms with E-state index in [9.17, 15) is 4.79 Å². The highest BCUT2D eigenvalue weighted by molar-refractivity contribution is 7.17. The molecule has 20 heavy (non-hydrogen) atoms. The molecule has 0 aliphatic rings. The molecular formula is C15H15N3OS. The zero-order valence-electron chi connectivity index (χ0n) is 11.6. The normalized spacial score (nSPS) is 11.2. The van der Waals surface area contributed by atoms with Crippen molar-refractivity contribution in [2.45, 2.75) is 20.8 Å². The van der Waals surface area contributed by atoms with Gasteiger partial charge in [-0.2, -0.15) is 0 Å². The molecule has 0 spiro atoms. The molecule has 0 saturated heterocycles. The fourth-order valence-corrected chi connectivity index (χ4v) is 3.30. The molecule has 102 valence electrons. The van der Waals surface area contributed by atoms with Crippen LogP contribution in [0.4, 0.5) is 5.69 Å². The molecule has 0 saturated carbocycles. The van der Waals surface area contributed by atoms with E-state index >= 15 is 0 Å². The molecule has 0 unspecified atom stereocenters. The van der Waals surface area contributed by atoms with Gasteiger partial charge >= 0.3 is 0 Å². The van der Waals surface area contributed by atoms with E-state index in [2.05, 4.69) is 4.98 Å². The fraction of sp³-hybridized carbons (Fsp3) is 0.200. The highest BCUT2D eigenvalue weighted by Crippen LogP contribution is 2.26. The average Bonchev–Trinajstić information content (AvgIpc) is 2.86.